The van der Waals surface area contributed by atoms with Crippen LogP contribution in [0.3, 0.4) is 0 Å². The zero-order chi connectivity index (χ0) is 15.4. The molecule has 1 heterocycles. The number of nitrogens with zero attached hydrogens (tertiary/aromatic N) is 3. The standard InChI is InChI=1S/C12H16N4O5/c1-20-10(18)5-8-11(12(19)21-2)14-15-16(8)6-9(17)13-7-3-4-7/h7H,3-6H2,1-2H3,(H,13,17). The molecule has 21 heavy (non-hydrogen) atoms. The minimum absolute atomic E-state index is 0.0953. The molecule has 1 N–H and O–H groups in total. The van der Waals surface area contributed by atoms with Crippen LogP contribution in [0, 0.1) is 0 Å². The first-order valence-corrected chi connectivity index (χ1v) is 6.42. The number of hydrogen-bond donors (Lipinski definition) is 1. The molecule has 0 spiro atoms. The maximum absolute atomic E-state index is 11.8. The first kappa shape index (κ1) is 14.9. The van der Waals surface area contributed by atoms with Gasteiger partial charge in [-0.2, -0.15) is 0 Å². The first-order valence-electron chi connectivity index (χ1n) is 6.42. The van der Waals surface area contributed by atoms with E-state index in [4.69, 9.17) is 0 Å². The second-order valence-corrected chi connectivity index (χ2v) is 4.63. The fourth-order valence-corrected chi connectivity index (χ4v) is 1.74. The van der Waals surface area contributed by atoms with Crippen LogP contribution in [0.5, 0.6) is 0 Å². The Morgan fingerprint density at radius 3 is 2.57 bits per heavy atom. The molecule has 0 radical (unpaired) electrons. The predicted molar refractivity (Wildman–Crippen MR) is 68.2 cm³/mol. The fourth-order valence-electron chi connectivity index (χ4n) is 1.74. The molecule has 1 aromatic heterocycles. The Morgan fingerprint density at radius 1 is 1.29 bits per heavy atom. The molecule has 1 fully saturated rings. The maximum atomic E-state index is 11.8. The van der Waals surface area contributed by atoms with Gasteiger partial charge in [0.1, 0.15) is 6.54 Å². The molecule has 9 heteroatoms. The van der Waals surface area contributed by atoms with Crippen LogP contribution >= 0.6 is 0 Å². The van der Waals surface area contributed by atoms with Gasteiger partial charge in [-0.25, -0.2) is 9.48 Å². The average Bonchev–Trinajstić information content (AvgIpc) is 3.20. The number of methoxy groups -OCH3 is 2. The Hall–Kier alpha value is -2.45. The van der Waals surface area contributed by atoms with E-state index in [0.717, 1.165) is 12.8 Å². The highest BCUT2D eigenvalue weighted by atomic mass is 16.5. The van der Waals surface area contributed by atoms with Crippen molar-refractivity contribution in [2.24, 2.45) is 0 Å². The van der Waals surface area contributed by atoms with Gasteiger partial charge in [-0.3, -0.25) is 9.59 Å². The van der Waals surface area contributed by atoms with E-state index in [0.29, 0.717) is 0 Å². The van der Waals surface area contributed by atoms with Crippen molar-refractivity contribution >= 4 is 17.8 Å². The quantitative estimate of drug-likeness (QED) is 0.674. The summed E-state index contributed by atoms with van der Waals surface area (Å²) in [4.78, 5) is 34.8. The minimum atomic E-state index is -0.720. The average molecular weight is 296 g/mol. The van der Waals surface area contributed by atoms with E-state index in [2.05, 4.69) is 25.1 Å². The number of hydrogen-bond acceptors (Lipinski definition) is 7. The summed E-state index contributed by atoms with van der Waals surface area (Å²) in [6.45, 7) is -0.118. The number of carbonyl (C=O) groups excluding carboxylic acids is 3. The van der Waals surface area contributed by atoms with Crippen molar-refractivity contribution in [1.29, 1.82) is 0 Å². The molecule has 0 saturated heterocycles. The zero-order valence-electron chi connectivity index (χ0n) is 11.8. The van der Waals surface area contributed by atoms with Gasteiger partial charge in [0, 0.05) is 6.04 Å². The molecule has 0 bridgehead atoms. The molecule has 1 aliphatic rings. The van der Waals surface area contributed by atoms with Crippen LogP contribution in [-0.4, -0.2) is 53.1 Å². The highest BCUT2D eigenvalue weighted by molar-refractivity contribution is 5.90. The van der Waals surface area contributed by atoms with E-state index in [1.54, 1.807) is 0 Å². The van der Waals surface area contributed by atoms with Crippen LogP contribution in [0.1, 0.15) is 29.0 Å². The number of nitrogens with one attached hydrogen (secondary N) is 1. The lowest BCUT2D eigenvalue weighted by Gasteiger charge is -2.07. The van der Waals surface area contributed by atoms with E-state index in [1.165, 1.54) is 18.9 Å². The number of carbonyl (C=O) groups is 3. The monoisotopic (exact) mass is 296 g/mol. The van der Waals surface area contributed by atoms with Crippen LogP contribution in [-0.2, 0) is 32.0 Å². The number of amides is 1. The van der Waals surface area contributed by atoms with Crippen LogP contribution < -0.4 is 5.32 Å². The summed E-state index contributed by atoms with van der Waals surface area (Å²) in [6, 6.07) is 0.213. The summed E-state index contributed by atoms with van der Waals surface area (Å²) in [5.74, 6) is -1.53. The van der Waals surface area contributed by atoms with Crippen LogP contribution in [0.25, 0.3) is 0 Å². The number of aromatic nitrogens is 3. The molecule has 9 nitrogen and oxygen atoms in total. The molecular weight excluding hydrogens is 280 g/mol. The Kier molecular flexibility index (Phi) is 4.51. The maximum Gasteiger partial charge on any atom is 0.360 e. The lowest BCUT2D eigenvalue weighted by molar-refractivity contribution is -0.140. The third-order valence-corrected chi connectivity index (χ3v) is 2.99. The van der Waals surface area contributed by atoms with Gasteiger partial charge in [0.05, 0.1) is 26.3 Å². The molecular formula is C12H16N4O5. The SMILES string of the molecule is COC(=O)Cc1c(C(=O)OC)nnn1CC(=O)NC1CC1. The Labute approximate surface area is 120 Å². The van der Waals surface area contributed by atoms with Crippen molar-refractivity contribution in [2.45, 2.75) is 31.8 Å². The van der Waals surface area contributed by atoms with Crippen molar-refractivity contribution in [1.82, 2.24) is 20.3 Å². The van der Waals surface area contributed by atoms with Gasteiger partial charge in [-0.15, -0.1) is 5.10 Å². The summed E-state index contributed by atoms with van der Waals surface area (Å²) < 4.78 is 10.4. The summed E-state index contributed by atoms with van der Waals surface area (Å²) in [7, 11) is 2.43. The third kappa shape index (κ3) is 3.77. The summed E-state index contributed by atoms with van der Waals surface area (Å²) >= 11 is 0. The van der Waals surface area contributed by atoms with E-state index < -0.39 is 11.9 Å². The van der Waals surface area contributed by atoms with Gasteiger partial charge in [0.15, 0.2) is 5.69 Å². The largest absolute Gasteiger partial charge is 0.469 e. The van der Waals surface area contributed by atoms with Crippen molar-refractivity contribution in [3.05, 3.63) is 11.4 Å². The predicted octanol–water partition coefficient (Wildman–Crippen LogP) is -0.941. The number of esters is 2. The molecule has 0 aromatic carbocycles. The normalized spacial score (nSPS) is 13.6. The third-order valence-electron chi connectivity index (χ3n) is 2.99. The van der Waals surface area contributed by atoms with Gasteiger partial charge >= 0.3 is 11.9 Å². The molecule has 2 rings (SSSR count). The molecule has 0 aliphatic heterocycles. The minimum Gasteiger partial charge on any atom is -0.469 e. The van der Waals surface area contributed by atoms with E-state index in [-0.39, 0.29) is 36.3 Å². The second kappa shape index (κ2) is 6.33. The van der Waals surface area contributed by atoms with E-state index in [1.807, 2.05) is 0 Å². The lowest BCUT2D eigenvalue weighted by atomic mass is 10.2. The first-order chi connectivity index (χ1) is 10.0. The van der Waals surface area contributed by atoms with Crippen molar-refractivity contribution < 1.29 is 23.9 Å². The van der Waals surface area contributed by atoms with Crippen LogP contribution in [0.2, 0.25) is 0 Å². The van der Waals surface area contributed by atoms with Crippen LogP contribution in [0.4, 0.5) is 0 Å². The van der Waals surface area contributed by atoms with Crippen molar-refractivity contribution in [3.63, 3.8) is 0 Å². The summed E-state index contributed by atoms with van der Waals surface area (Å²) in [5.41, 5.74) is 0.0989. The van der Waals surface area contributed by atoms with Gasteiger partial charge in [0.25, 0.3) is 0 Å². The Morgan fingerprint density at radius 2 is 2.00 bits per heavy atom. The van der Waals surface area contributed by atoms with Crippen molar-refractivity contribution in [2.75, 3.05) is 14.2 Å². The molecule has 1 aliphatic carbocycles. The molecule has 1 amide bonds. The zero-order valence-corrected chi connectivity index (χ0v) is 11.8. The smallest absolute Gasteiger partial charge is 0.360 e. The highest BCUT2D eigenvalue weighted by Crippen LogP contribution is 2.18. The molecule has 114 valence electrons. The molecule has 1 aromatic rings. The Balaban J connectivity index is 2.17. The van der Waals surface area contributed by atoms with Gasteiger partial charge in [-0.1, -0.05) is 5.21 Å². The Bertz CT molecular complexity index is 564. The topological polar surface area (TPSA) is 112 Å². The van der Waals surface area contributed by atoms with Crippen molar-refractivity contribution in [3.8, 4) is 0 Å². The molecule has 0 atom stereocenters. The van der Waals surface area contributed by atoms with E-state index in [9.17, 15) is 14.4 Å². The fraction of sp³-hybridized carbons (Fsp3) is 0.583. The van der Waals surface area contributed by atoms with Gasteiger partial charge in [-0.05, 0) is 12.8 Å². The van der Waals surface area contributed by atoms with E-state index >= 15 is 0 Å². The molecule has 1 saturated carbocycles. The highest BCUT2D eigenvalue weighted by Gasteiger charge is 2.26. The second-order valence-electron chi connectivity index (χ2n) is 4.63. The van der Waals surface area contributed by atoms with Gasteiger partial charge in [0.2, 0.25) is 5.91 Å². The lowest BCUT2D eigenvalue weighted by Crippen LogP contribution is -2.30. The number of ether oxygens (including phenoxy) is 2. The molecule has 0 unspecified atom stereocenters. The number of rotatable bonds is 6. The van der Waals surface area contributed by atoms with Gasteiger partial charge < -0.3 is 14.8 Å². The summed E-state index contributed by atoms with van der Waals surface area (Å²) in [6.07, 6.45) is 1.71. The van der Waals surface area contributed by atoms with Crippen LogP contribution in [0.15, 0.2) is 0 Å². The summed E-state index contributed by atoms with van der Waals surface area (Å²) in [5, 5.41) is 10.2.